The Kier molecular flexibility index (Phi) is 6.70. The molecule has 9 nitrogen and oxygen atoms in total. The lowest BCUT2D eigenvalue weighted by atomic mass is 9.98. The number of aliphatic carboxylic acids is 1. The van der Waals surface area contributed by atoms with Gasteiger partial charge >= 0.3 is 12.1 Å². The van der Waals surface area contributed by atoms with E-state index in [1.165, 1.54) is 4.90 Å². The first kappa shape index (κ1) is 23.3. The van der Waals surface area contributed by atoms with Crippen molar-refractivity contribution in [3.8, 4) is 11.1 Å². The second-order valence-electron chi connectivity index (χ2n) is 8.99. The minimum atomic E-state index is -1.09. The van der Waals surface area contributed by atoms with Gasteiger partial charge in [0.05, 0.1) is 19.3 Å². The number of alkyl carbamates (subject to hydrolysis) is 1. The Morgan fingerprint density at radius 1 is 1.03 bits per heavy atom. The Morgan fingerprint density at radius 2 is 1.71 bits per heavy atom. The number of carboxylic acid groups (broad SMARTS) is 1. The predicted octanol–water partition coefficient (Wildman–Crippen LogP) is 2.38. The minimum Gasteiger partial charge on any atom is -0.480 e. The van der Waals surface area contributed by atoms with Gasteiger partial charge in [0, 0.05) is 19.0 Å². The molecule has 0 aromatic heterocycles. The third kappa shape index (κ3) is 4.74. The summed E-state index contributed by atoms with van der Waals surface area (Å²) in [5.41, 5.74) is 4.62. The summed E-state index contributed by atoms with van der Waals surface area (Å²) in [6.45, 7) is 0.930. The molecule has 2 aromatic rings. The van der Waals surface area contributed by atoms with Crippen LogP contribution < -0.4 is 5.32 Å². The van der Waals surface area contributed by atoms with Crippen LogP contribution in [-0.4, -0.2) is 79.1 Å². The first-order chi connectivity index (χ1) is 17.0. The average molecular weight is 481 g/mol. The molecule has 2 amide bonds. The summed E-state index contributed by atoms with van der Waals surface area (Å²) in [5, 5.41) is 12.1. The highest BCUT2D eigenvalue weighted by atomic mass is 16.6. The van der Waals surface area contributed by atoms with E-state index in [0.717, 1.165) is 22.3 Å². The van der Waals surface area contributed by atoms with Crippen LogP contribution >= 0.6 is 0 Å². The van der Waals surface area contributed by atoms with E-state index >= 15 is 0 Å². The number of hydrogen-bond donors (Lipinski definition) is 2. The zero-order chi connectivity index (χ0) is 24.4. The van der Waals surface area contributed by atoms with Gasteiger partial charge in [-0.25, -0.2) is 9.59 Å². The minimum absolute atomic E-state index is 0.0198. The summed E-state index contributed by atoms with van der Waals surface area (Å²) in [5.74, 6) is -1.46. The monoisotopic (exact) mass is 480 g/mol. The molecule has 2 N–H and O–H groups in total. The molecule has 0 bridgehead atoms. The summed E-state index contributed by atoms with van der Waals surface area (Å²) >= 11 is 0. The van der Waals surface area contributed by atoms with Crippen molar-refractivity contribution in [3.05, 3.63) is 59.7 Å². The summed E-state index contributed by atoms with van der Waals surface area (Å²) in [6, 6.07) is 15.3. The average Bonchev–Trinajstić information content (AvgIpc) is 3.49. The van der Waals surface area contributed by atoms with Gasteiger partial charge in [-0.05, 0) is 35.1 Å². The number of carboxylic acids is 1. The summed E-state index contributed by atoms with van der Waals surface area (Å²) < 4.78 is 16.6. The van der Waals surface area contributed by atoms with Gasteiger partial charge in [0.1, 0.15) is 12.7 Å². The van der Waals surface area contributed by atoms with Gasteiger partial charge in [-0.15, -0.1) is 0 Å². The molecule has 2 fully saturated rings. The number of fused-ring (bicyclic) bond motifs is 3. The van der Waals surface area contributed by atoms with Crippen molar-refractivity contribution in [2.45, 2.75) is 37.0 Å². The standard InChI is InChI=1S/C26H28N2O7/c29-24(28-11-12-33-15-22(28)25(30)31)23-10-9-16(35-23)13-27-26(32)34-14-21-19-7-3-1-5-17(19)18-6-2-4-8-20(18)21/h1-8,16,21-23H,9-15H2,(H,27,32)(H,30,31). The fraction of sp³-hybridized carbons (Fsp3) is 0.423. The molecule has 3 atom stereocenters. The molecule has 0 radical (unpaired) electrons. The van der Waals surface area contributed by atoms with Crippen LogP contribution in [0.25, 0.3) is 11.1 Å². The number of rotatable bonds is 6. The highest BCUT2D eigenvalue weighted by Gasteiger charge is 2.39. The number of nitrogens with zero attached hydrogens (tertiary/aromatic N) is 1. The van der Waals surface area contributed by atoms with Crippen molar-refractivity contribution in [2.75, 3.05) is 32.9 Å². The molecule has 5 rings (SSSR count). The third-order valence-corrected chi connectivity index (χ3v) is 6.90. The van der Waals surface area contributed by atoms with Crippen LogP contribution in [-0.2, 0) is 23.8 Å². The van der Waals surface area contributed by atoms with Crippen molar-refractivity contribution in [3.63, 3.8) is 0 Å². The molecule has 184 valence electrons. The maximum atomic E-state index is 12.8. The van der Waals surface area contributed by atoms with Crippen LogP contribution in [0.15, 0.2) is 48.5 Å². The fourth-order valence-corrected chi connectivity index (χ4v) is 5.14. The zero-order valence-corrected chi connectivity index (χ0v) is 19.2. The van der Waals surface area contributed by atoms with Crippen molar-refractivity contribution < 1.29 is 33.7 Å². The highest BCUT2D eigenvalue weighted by molar-refractivity contribution is 5.87. The van der Waals surface area contributed by atoms with Crippen LogP contribution in [0.5, 0.6) is 0 Å². The summed E-state index contributed by atoms with van der Waals surface area (Å²) in [4.78, 5) is 38.0. The molecule has 2 aromatic carbocycles. The van der Waals surface area contributed by atoms with Crippen LogP contribution in [0, 0.1) is 0 Å². The largest absolute Gasteiger partial charge is 0.480 e. The van der Waals surface area contributed by atoms with Crippen molar-refractivity contribution in [1.29, 1.82) is 0 Å². The van der Waals surface area contributed by atoms with Crippen molar-refractivity contribution in [1.82, 2.24) is 10.2 Å². The third-order valence-electron chi connectivity index (χ3n) is 6.90. The van der Waals surface area contributed by atoms with Gasteiger partial charge in [-0.3, -0.25) is 4.79 Å². The van der Waals surface area contributed by atoms with Gasteiger partial charge in [0.2, 0.25) is 0 Å². The van der Waals surface area contributed by atoms with Gasteiger partial charge in [-0.2, -0.15) is 0 Å². The molecule has 9 heteroatoms. The van der Waals surface area contributed by atoms with E-state index in [-0.39, 0.29) is 44.2 Å². The van der Waals surface area contributed by atoms with Gasteiger partial charge < -0.3 is 29.5 Å². The van der Waals surface area contributed by atoms with Gasteiger partial charge in [0.15, 0.2) is 6.04 Å². The second-order valence-corrected chi connectivity index (χ2v) is 8.99. The number of morpholine rings is 1. The summed E-state index contributed by atoms with van der Waals surface area (Å²) in [6.07, 6.45) is -0.538. The number of amides is 2. The number of hydrogen-bond acceptors (Lipinski definition) is 6. The Morgan fingerprint density at radius 3 is 2.40 bits per heavy atom. The van der Waals surface area contributed by atoms with E-state index in [2.05, 4.69) is 29.6 Å². The molecule has 3 unspecified atom stereocenters. The number of ether oxygens (including phenoxy) is 3. The van der Waals surface area contributed by atoms with Crippen LogP contribution in [0.3, 0.4) is 0 Å². The quantitative estimate of drug-likeness (QED) is 0.653. The Labute approximate surface area is 203 Å². The molecule has 2 aliphatic heterocycles. The van der Waals surface area contributed by atoms with Crippen LogP contribution in [0.4, 0.5) is 4.79 Å². The molecule has 3 aliphatic rings. The number of benzene rings is 2. The van der Waals surface area contributed by atoms with Crippen LogP contribution in [0.2, 0.25) is 0 Å². The molecule has 35 heavy (non-hydrogen) atoms. The van der Waals surface area contributed by atoms with E-state index in [4.69, 9.17) is 14.2 Å². The predicted molar refractivity (Wildman–Crippen MR) is 125 cm³/mol. The number of carbonyl (C=O) groups excluding carboxylic acids is 2. The molecule has 1 aliphatic carbocycles. The topological polar surface area (TPSA) is 114 Å². The van der Waals surface area contributed by atoms with E-state index in [1.54, 1.807) is 0 Å². The smallest absolute Gasteiger partial charge is 0.407 e. The molecular formula is C26H28N2O7. The Balaban J connectivity index is 1.11. The Bertz CT molecular complexity index is 1070. The van der Waals surface area contributed by atoms with Crippen molar-refractivity contribution >= 4 is 18.0 Å². The first-order valence-corrected chi connectivity index (χ1v) is 11.9. The molecular weight excluding hydrogens is 452 g/mol. The molecule has 0 spiro atoms. The Hall–Kier alpha value is -3.43. The highest BCUT2D eigenvalue weighted by Crippen LogP contribution is 2.44. The molecule has 2 saturated heterocycles. The second kappa shape index (κ2) is 10.1. The fourth-order valence-electron chi connectivity index (χ4n) is 5.14. The molecule has 0 saturated carbocycles. The van der Waals surface area contributed by atoms with Crippen LogP contribution in [0.1, 0.15) is 29.9 Å². The lowest BCUT2D eigenvalue weighted by Crippen LogP contribution is -2.55. The maximum absolute atomic E-state index is 12.8. The van der Waals surface area contributed by atoms with E-state index < -0.39 is 24.2 Å². The number of carbonyl (C=O) groups is 3. The first-order valence-electron chi connectivity index (χ1n) is 11.9. The zero-order valence-electron chi connectivity index (χ0n) is 19.2. The maximum Gasteiger partial charge on any atom is 0.407 e. The van der Waals surface area contributed by atoms with Gasteiger partial charge in [0.25, 0.3) is 5.91 Å². The normalized spacial score (nSPS) is 23.4. The van der Waals surface area contributed by atoms with Crippen molar-refractivity contribution in [2.24, 2.45) is 0 Å². The number of nitrogens with one attached hydrogen (secondary N) is 1. The van der Waals surface area contributed by atoms with E-state index in [1.807, 2.05) is 24.3 Å². The van der Waals surface area contributed by atoms with E-state index in [9.17, 15) is 19.5 Å². The summed E-state index contributed by atoms with van der Waals surface area (Å²) in [7, 11) is 0. The molecule has 2 heterocycles. The lowest BCUT2D eigenvalue weighted by Gasteiger charge is -2.34. The lowest BCUT2D eigenvalue weighted by molar-refractivity contribution is -0.163. The SMILES string of the molecule is O=C(NCC1CCC(C(=O)N2CCOCC2C(=O)O)O1)OCC1c2ccccc2-c2ccccc21. The van der Waals surface area contributed by atoms with Gasteiger partial charge in [-0.1, -0.05) is 48.5 Å². The van der Waals surface area contributed by atoms with E-state index in [0.29, 0.717) is 19.4 Å².